The van der Waals surface area contributed by atoms with Gasteiger partial charge in [-0.2, -0.15) is 5.10 Å². The first-order valence-corrected chi connectivity index (χ1v) is 10.6. The molecule has 152 valence electrons. The van der Waals surface area contributed by atoms with Crippen LogP contribution in [-0.2, 0) is 17.6 Å². The minimum absolute atomic E-state index is 0.0871. The van der Waals surface area contributed by atoms with Crippen molar-refractivity contribution in [3.8, 4) is 0 Å². The number of carbonyl (C=O) groups is 1. The van der Waals surface area contributed by atoms with Crippen LogP contribution in [0.25, 0.3) is 10.9 Å². The van der Waals surface area contributed by atoms with Crippen LogP contribution in [0, 0.1) is 0 Å². The summed E-state index contributed by atoms with van der Waals surface area (Å²) in [5.74, 6) is 0.0871. The van der Waals surface area contributed by atoms with Gasteiger partial charge in [0.05, 0.1) is 17.8 Å². The number of hydrogen-bond donors (Lipinski definition) is 3. The Morgan fingerprint density at radius 2 is 2.00 bits per heavy atom. The van der Waals surface area contributed by atoms with Gasteiger partial charge >= 0.3 is 0 Å². The highest BCUT2D eigenvalue weighted by Crippen LogP contribution is 2.22. The summed E-state index contributed by atoms with van der Waals surface area (Å²) in [5.41, 5.74) is 9.76. The highest BCUT2D eigenvalue weighted by Gasteiger charge is 2.29. The summed E-state index contributed by atoms with van der Waals surface area (Å²) in [4.78, 5) is 17.5. The number of nitrogens with one attached hydrogen (secondary N) is 2. The third-order valence-electron chi connectivity index (χ3n) is 6.29. The molecule has 0 saturated carbocycles. The highest BCUT2D eigenvalue weighted by molar-refractivity contribution is 5.84. The molecule has 0 spiro atoms. The van der Waals surface area contributed by atoms with Crippen molar-refractivity contribution >= 4 is 16.8 Å². The maximum Gasteiger partial charge on any atom is 0.239 e. The molecule has 1 amide bonds. The summed E-state index contributed by atoms with van der Waals surface area (Å²) in [5, 5.41) is 11.7. The fraction of sp³-hybridized carbons (Fsp3) is 0.619. The zero-order chi connectivity index (χ0) is 19.5. The number of aromatic nitrogens is 2. The van der Waals surface area contributed by atoms with Gasteiger partial charge in [-0.05, 0) is 42.9 Å². The second-order valence-corrected chi connectivity index (χ2v) is 8.10. The topological polar surface area (TPSA) is 90.3 Å². The van der Waals surface area contributed by atoms with Gasteiger partial charge in [0.1, 0.15) is 0 Å². The maximum atomic E-state index is 12.9. The molecule has 2 aliphatic heterocycles. The lowest BCUT2D eigenvalue weighted by molar-refractivity contribution is -0.134. The quantitative estimate of drug-likeness (QED) is 0.712. The Morgan fingerprint density at radius 1 is 1.25 bits per heavy atom. The molecule has 3 heterocycles. The van der Waals surface area contributed by atoms with Gasteiger partial charge < -0.3 is 16.0 Å². The summed E-state index contributed by atoms with van der Waals surface area (Å²) in [6.07, 6.45) is 5.45. The molecule has 1 unspecified atom stereocenters. The predicted molar refractivity (Wildman–Crippen MR) is 111 cm³/mol. The number of nitrogens with two attached hydrogens (primary N) is 1. The number of benzene rings is 1. The van der Waals surface area contributed by atoms with E-state index in [9.17, 15) is 4.79 Å². The number of rotatable bonds is 5. The van der Waals surface area contributed by atoms with Gasteiger partial charge in [-0.1, -0.05) is 13.0 Å². The predicted octanol–water partition coefficient (Wildman–Crippen LogP) is 0.891. The zero-order valence-electron chi connectivity index (χ0n) is 16.8. The van der Waals surface area contributed by atoms with E-state index in [1.54, 1.807) is 0 Å². The fourth-order valence-corrected chi connectivity index (χ4v) is 4.67. The van der Waals surface area contributed by atoms with E-state index in [0.29, 0.717) is 12.5 Å². The van der Waals surface area contributed by atoms with Crippen molar-refractivity contribution in [1.29, 1.82) is 0 Å². The SMILES string of the molecule is CCc1cc(CC(N)C(=O)N2CCC(N3CCNCC3)CC2)cc2cn[nH]c12. The lowest BCUT2D eigenvalue weighted by atomic mass is 9.98. The van der Waals surface area contributed by atoms with Gasteiger partial charge in [-0.15, -0.1) is 0 Å². The minimum atomic E-state index is -0.482. The molecular weight excluding hydrogens is 352 g/mol. The van der Waals surface area contributed by atoms with E-state index in [4.69, 9.17) is 5.73 Å². The molecular formula is C21H32N6O. The third kappa shape index (κ3) is 4.06. The van der Waals surface area contributed by atoms with Gasteiger partial charge in [0.2, 0.25) is 5.91 Å². The first kappa shape index (κ1) is 19.4. The van der Waals surface area contributed by atoms with E-state index >= 15 is 0 Å². The zero-order valence-corrected chi connectivity index (χ0v) is 16.8. The molecule has 28 heavy (non-hydrogen) atoms. The number of hydrogen-bond acceptors (Lipinski definition) is 5. The summed E-state index contributed by atoms with van der Waals surface area (Å²) in [7, 11) is 0. The summed E-state index contributed by atoms with van der Waals surface area (Å²) in [6.45, 7) is 8.16. The molecule has 0 bridgehead atoms. The van der Waals surface area contributed by atoms with E-state index in [1.807, 2.05) is 11.1 Å². The van der Waals surface area contributed by atoms with Crippen molar-refractivity contribution in [3.63, 3.8) is 0 Å². The number of carbonyl (C=O) groups excluding carboxylic acids is 1. The average Bonchev–Trinajstić information content (AvgIpc) is 3.22. The van der Waals surface area contributed by atoms with E-state index in [0.717, 1.165) is 75.0 Å². The van der Waals surface area contributed by atoms with Crippen LogP contribution < -0.4 is 11.1 Å². The lowest BCUT2D eigenvalue weighted by Gasteiger charge is -2.40. The molecule has 0 radical (unpaired) electrons. The first-order valence-electron chi connectivity index (χ1n) is 10.6. The molecule has 1 aromatic heterocycles. The summed E-state index contributed by atoms with van der Waals surface area (Å²) >= 11 is 0. The van der Waals surface area contributed by atoms with Crippen molar-refractivity contribution in [1.82, 2.24) is 25.3 Å². The molecule has 2 fully saturated rings. The smallest absolute Gasteiger partial charge is 0.239 e. The van der Waals surface area contributed by atoms with Gasteiger partial charge in [-0.25, -0.2) is 0 Å². The van der Waals surface area contributed by atoms with Crippen LogP contribution in [0.4, 0.5) is 0 Å². The molecule has 2 aromatic rings. The monoisotopic (exact) mass is 384 g/mol. The number of aromatic amines is 1. The molecule has 2 saturated heterocycles. The van der Waals surface area contributed by atoms with Crippen LogP contribution in [0.15, 0.2) is 18.3 Å². The van der Waals surface area contributed by atoms with Crippen molar-refractivity contribution in [2.24, 2.45) is 5.73 Å². The lowest BCUT2D eigenvalue weighted by Crippen LogP contribution is -2.54. The van der Waals surface area contributed by atoms with E-state index in [1.165, 1.54) is 5.56 Å². The van der Waals surface area contributed by atoms with Crippen LogP contribution in [0.3, 0.4) is 0 Å². The largest absolute Gasteiger partial charge is 0.341 e. The second kappa shape index (κ2) is 8.59. The van der Waals surface area contributed by atoms with E-state index in [2.05, 4.69) is 39.5 Å². The normalized spacial score (nSPS) is 20.6. The second-order valence-electron chi connectivity index (χ2n) is 8.10. The standard InChI is InChI=1S/C21H32N6O/c1-2-16-11-15(12-17-14-24-25-20(16)17)13-19(22)21(28)27-7-3-18(4-8-27)26-9-5-23-6-10-26/h11-12,14,18-19,23H,2-10,13,22H2,1H3,(H,24,25). The van der Waals surface area contributed by atoms with Crippen LogP contribution in [0.5, 0.6) is 0 Å². The molecule has 1 atom stereocenters. The third-order valence-corrected chi connectivity index (χ3v) is 6.29. The number of likely N-dealkylation sites (tertiary alicyclic amines) is 1. The van der Waals surface area contributed by atoms with Crippen molar-refractivity contribution in [2.45, 2.75) is 44.7 Å². The number of nitrogens with zero attached hydrogens (tertiary/aromatic N) is 3. The number of fused-ring (bicyclic) bond motifs is 1. The number of H-pyrrole nitrogens is 1. The van der Waals surface area contributed by atoms with Crippen LogP contribution in [0.1, 0.15) is 30.9 Å². The molecule has 4 N–H and O–H groups in total. The fourth-order valence-electron chi connectivity index (χ4n) is 4.67. The van der Waals surface area contributed by atoms with Gasteiger partial charge in [0, 0.05) is 50.7 Å². The van der Waals surface area contributed by atoms with Crippen LogP contribution in [0.2, 0.25) is 0 Å². The summed E-state index contributed by atoms with van der Waals surface area (Å²) < 4.78 is 0. The Balaban J connectivity index is 1.35. The molecule has 4 rings (SSSR count). The summed E-state index contributed by atoms with van der Waals surface area (Å²) in [6, 6.07) is 4.38. The van der Waals surface area contributed by atoms with Crippen molar-refractivity contribution < 1.29 is 4.79 Å². The number of aryl methyl sites for hydroxylation is 1. The molecule has 2 aliphatic rings. The highest BCUT2D eigenvalue weighted by atomic mass is 16.2. The molecule has 7 nitrogen and oxygen atoms in total. The number of piperidine rings is 1. The van der Waals surface area contributed by atoms with Crippen LogP contribution >= 0.6 is 0 Å². The van der Waals surface area contributed by atoms with Crippen LogP contribution in [-0.4, -0.2) is 77.3 Å². The molecule has 1 aromatic carbocycles. The minimum Gasteiger partial charge on any atom is -0.341 e. The Bertz CT molecular complexity index is 804. The Morgan fingerprint density at radius 3 is 2.71 bits per heavy atom. The van der Waals surface area contributed by atoms with Gasteiger partial charge in [0.25, 0.3) is 0 Å². The maximum absolute atomic E-state index is 12.9. The molecule has 0 aliphatic carbocycles. The van der Waals surface area contributed by atoms with Gasteiger partial charge in [0.15, 0.2) is 0 Å². The van der Waals surface area contributed by atoms with Crippen molar-refractivity contribution in [2.75, 3.05) is 39.3 Å². The van der Waals surface area contributed by atoms with E-state index < -0.39 is 6.04 Å². The van der Waals surface area contributed by atoms with Gasteiger partial charge in [-0.3, -0.25) is 14.8 Å². The number of piperazine rings is 1. The average molecular weight is 385 g/mol. The Kier molecular flexibility index (Phi) is 5.94. The Hall–Kier alpha value is -1.96. The first-order chi connectivity index (χ1) is 13.7. The Labute approximate surface area is 166 Å². The van der Waals surface area contributed by atoms with Crippen molar-refractivity contribution in [3.05, 3.63) is 29.5 Å². The molecule has 7 heteroatoms. The number of amides is 1. The van der Waals surface area contributed by atoms with E-state index in [-0.39, 0.29) is 5.91 Å².